The Kier molecular flexibility index (Phi) is 10.5. The van der Waals surface area contributed by atoms with Crippen LogP contribution in [0.25, 0.3) is 0 Å². The second-order valence-electron chi connectivity index (χ2n) is 2.68. The Morgan fingerprint density at radius 1 is 1.58 bits per heavy atom. The van der Waals surface area contributed by atoms with Gasteiger partial charge in [0.2, 0.25) is 0 Å². The lowest BCUT2D eigenvalue weighted by molar-refractivity contribution is -0.141. The van der Waals surface area contributed by atoms with E-state index in [0.29, 0.717) is 6.42 Å². The third kappa shape index (κ3) is 7.82. The average Bonchev–Trinajstić information content (AvgIpc) is 2.00. The Morgan fingerprint density at radius 2 is 2.17 bits per heavy atom. The van der Waals surface area contributed by atoms with Crippen molar-refractivity contribution in [1.82, 2.24) is 0 Å². The second-order valence-corrected chi connectivity index (χ2v) is 2.68. The highest BCUT2D eigenvalue weighted by atomic mass is 35.5. The van der Waals surface area contributed by atoms with Crippen LogP contribution in [0.15, 0.2) is 0 Å². The smallest absolute Gasteiger partial charge is 0.307 e. The van der Waals surface area contributed by atoms with E-state index in [4.69, 9.17) is 5.73 Å². The summed E-state index contributed by atoms with van der Waals surface area (Å²) >= 11 is 0. The second kappa shape index (κ2) is 8.81. The van der Waals surface area contributed by atoms with Crippen molar-refractivity contribution in [3.05, 3.63) is 0 Å². The lowest BCUT2D eigenvalue weighted by Crippen LogP contribution is -2.24. The maximum Gasteiger partial charge on any atom is 0.307 e. The molecule has 1 unspecified atom stereocenters. The van der Waals surface area contributed by atoms with Gasteiger partial charge in [0.25, 0.3) is 0 Å². The molecule has 0 radical (unpaired) electrons. The Balaban J connectivity index is 0. The van der Waals surface area contributed by atoms with Gasteiger partial charge in [-0.3, -0.25) is 4.79 Å². The molecule has 3 nitrogen and oxygen atoms in total. The maximum absolute atomic E-state index is 10.7. The number of halogens is 1. The van der Waals surface area contributed by atoms with E-state index in [9.17, 15) is 4.79 Å². The summed E-state index contributed by atoms with van der Waals surface area (Å²) in [6, 6.07) is -0.0256. The van der Waals surface area contributed by atoms with Gasteiger partial charge < -0.3 is 10.5 Å². The van der Waals surface area contributed by atoms with Crippen LogP contribution in [0.5, 0.6) is 0 Å². The minimum atomic E-state index is -0.214. The van der Waals surface area contributed by atoms with Gasteiger partial charge in [-0.05, 0) is 6.42 Å². The van der Waals surface area contributed by atoms with E-state index in [2.05, 4.69) is 11.7 Å². The Morgan fingerprint density at radius 3 is 2.58 bits per heavy atom. The molecule has 0 aromatic heterocycles. The molecule has 0 amide bonds. The molecular formula is C8H18ClNO2. The van der Waals surface area contributed by atoms with Gasteiger partial charge >= 0.3 is 5.97 Å². The standard InChI is InChI=1S/C8H17NO2.ClH/c1-3-4-5-7(9)6-8(10)11-2;/h7H,3-6,9H2,1-2H3;1H. The highest BCUT2D eigenvalue weighted by molar-refractivity contribution is 5.85. The quantitative estimate of drug-likeness (QED) is 0.677. The molecule has 0 aromatic carbocycles. The summed E-state index contributed by atoms with van der Waals surface area (Å²) in [5.41, 5.74) is 5.64. The van der Waals surface area contributed by atoms with Crippen molar-refractivity contribution in [3.63, 3.8) is 0 Å². The predicted molar refractivity (Wildman–Crippen MR) is 51.4 cm³/mol. The molecule has 0 saturated heterocycles. The topological polar surface area (TPSA) is 52.3 Å². The Labute approximate surface area is 80.1 Å². The first-order chi connectivity index (χ1) is 5.20. The molecule has 0 rings (SSSR count). The van der Waals surface area contributed by atoms with Crippen LogP contribution in [0.1, 0.15) is 32.6 Å². The number of hydrogen-bond donors (Lipinski definition) is 1. The first kappa shape index (κ1) is 14.3. The molecule has 0 aliphatic heterocycles. The fourth-order valence-corrected chi connectivity index (χ4v) is 0.866. The predicted octanol–water partition coefficient (Wildman–Crippen LogP) is 1.49. The number of carbonyl (C=O) groups excluding carboxylic acids is 1. The highest BCUT2D eigenvalue weighted by Gasteiger charge is 2.07. The number of rotatable bonds is 5. The largest absolute Gasteiger partial charge is 0.469 e. The van der Waals surface area contributed by atoms with Gasteiger partial charge in [0.05, 0.1) is 13.5 Å². The molecule has 0 bridgehead atoms. The minimum Gasteiger partial charge on any atom is -0.469 e. The van der Waals surface area contributed by atoms with Gasteiger partial charge in [-0.25, -0.2) is 0 Å². The number of ether oxygens (including phenoxy) is 1. The Hall–Kier alpha value is -0.280. The molecule has 0 aliphatic rings. The van der Waals surface area contributed by atoms with Crippen molar-refractivity contribution in [2.45, 2.75) is 38.6 Å². The first-order valence-corrected chi connectivity index (χ1v) is 4.03. The summed E-state index contributed by atoms with van der Waals surface area (Å²) in [6.07, 6.45) is 3.45. The molecule has 0 aliphatic carbocycles. The van der Waals surface area contributed by atoms with Crippen molar-refractivity contribution in [2.24, 2.45) is 5.73 Å². The van der Waals surface area contributed by atoms with E-state index < -0.39 is 0 Å². The van der Waals surface area contributed by atoms with E-state index in [0.717, 1.165) is 19.3 Å². The van der Waals surface area contributed by atoms with Gasteiger partial charge in [0, 0.05) is 6.04 Å². The van der Waals surface area contributed by atoms with Gasteiger partial charge in [-0.15, -0.1) is 12.4 Å². The summed E-state index contributed by atoms with van der Waals surface area (Å²) in [6.45, 7) is 2.10. The molecule has 0 saturated carbocycles. The maximum atomic E-state index is 10.7. The van der Waals surface area contributed by atoms with Crippen LogP contribution in [-0.2, 0) is 9.53 Å². The van der Waals surface area contributed by atoms with E-state index in [-0.39, 0.29) is 24.4 Å². The van der Waals surface area contributed by atoms with Crippen LogP contribution >= 0.6 is 12.4 Å². The van der Waals surface area contributed by atoms with Gasteiger partial charge in [-0.1, -0.05) is 19.8 Å². The Bertz CT molecular complexity index is 120. The molecular weight excluding hydrogens is 178 g/mol. The summed E-state index contributed by atoms with van der Waals surface area (Å²) in [7, 11) is 1.38. The molecule has 0 fully saturated rings. The van der Waals surface area contributed by atoms with Crippen molar-refractivity contribution in [1.29, 1.82) is 0 Å². The fraction of sp³-hybridized carbons (Fsp3) is 0.875. The lowest BCUT2D eigenvalue weighted by Gasteiger charge is -2.07. The fourth-order valence-electron chi connectivity index (χ4n) is 0.866. The third-order valence-corrected chi connectivity index (χ3v) is 1.58. The number of nitrogens with two attached hydrogens (primary N) is 1. The van der Waals surface area contributed by atoms with E-state index in [1.165, 1.54) is 7.11 Å². The van der Waals surface area contributed by atoms with Crippen molar-refractivity contribution in [2.75, 3.05) is 7.11 Å². The number of methoxy groups -OCH3 is 1. The zero-order valence-corrected chi connectivity index (χ0v) is 8.52. The van der Waals surface area contributed by atoms with Gasteiger partial charge in [0.1, 0.15) is 0 Å². The summed E-state index contributed by atoms with van der Waals surface area (Å²) in [4.78, 5) is 10.7. The summed E-state index contributed by atoms with van der Waals surface area (Å²) in [5.74, 6) is -0.214. The van der Waals surface area contributed by atoms with Gasteiger partial charge in [-0.2, -0.15) is 0 Å². The van der Waals surface area contributed by atoms with E-state index in [1.807, 2.05) is 0 Å². The van der Waals surface area contributed by atoms with E-state index >= 15 is 0 Å². The summed E-state index contributed by atoms with van der Waals surface area (Å²) < 4.78 is 4.48. The summed E-state index contributed by atoms with van der Waals surface area (Å²) in [5, 5.41) is 0. The number of hydrogen-bond acceptors (Lipinski definition) is 3. The van der Waals surface area contributed by atoms with Crippen LogP contribution in [-0.4, -0.2) is 19.1 Å². The number of unbranched alkanes of at least 4 members (excludes halogenated alkanes) is 1. The highest BCUT2D eigenvalue weighted by Crippen LogP contribution is 2.02. The van der Waals surface area contributed by atoms with Crippen LogP contribution < -0.4 is 5.73 Å². The molecule has 12 heavy (non-hydrogen) atoms. The number of esters is 1. The van der Waals surface area contributed by atoms with Crippen molar-refractivity contribution >= 4 is 18.4 Å². The molecule has 2 N–H and O–H groups in total. The van der Waals surface area contributed by atoms with Crippen LogP contribution in [0, 0.1) is 0 Å². The lowest BCUT2D eigenvalue weighted by atomic mass is 10.1. The molecule has 1 atom stereocenters. The zero-order valence-electron chi connectivity index (χ0n) is 7.71. The monoisotopic (exact) mass is 195 g/mol. The molecule has 74 valence electrons. The van der Waals surface area contributed by atoms with Crippen LogP contribution in [0.2, 0.25) is 0 Å². The van der Waals surface area contributed by atoms with Gasteiger partial charge in [0.15, 0.2) is 0 Å². The van der Waals surface area contributed by atoms with E-state index in [1.54, 1.807) is 0 Å². The average molecular weight is 196 g/mol. The molecule has 0 spiro atoms. The van der Waals surface area contributed by atoms with Crippen molar-refractivity contribution in [3.8, 4) is 0 Å². The molecule has 0 heterocycles. The zero-order chi connectivity index (χ0) is 8.69. The van der Waals surface area contributed by atoms with Crippen molar-refractivity contribution < 1.29 is 9.53 Å². The third-order valence-electron chi connectivity index (χ3n) is 1.58. The minimum absolute atomic E-state index is 0. The molecule has 4 heteroatoms. The van der Waals surface area contributed by atoms with Crippen LogP contribution in [0.4, 0.5) is 0 Å². The SMILES string of the molecule is CCCCC(N)CC(=O)OC.Cl. The first-order valence-electron chi connectivity index (χ1n) is 4.03. The van der Waals surface area contributed by atoms with Crippen LogP contribution in [0.3, 0.4) is 0 Å². The molecule has 0 aromatic rings. The number of carbonyl (C=O) groups is 1. The normalized spacial score (nSPS) is 11.6.